The summed E-state index contributed by atoms with van der Waals surface area (Å²) in [5.41, 5.74) is 2.99. The van der Waals surface area contributed by atoms with Gasteiger partial charge in [-0.1, -0.05) is 86.2 Å². The van der Waals surface area contributed by atoms with E-state index in [1.54, 1.807) is 4.90 Å². The van der Waals surface area contributed by atoms with Crippen LogP contribution < -0.4 is 5.32 Å². The van der Waals surface area contributed by atoms with Crippen LogP contribution in [0.1, 0.15) is 49.3 Å². The van der Waals surface area contributed by atoms with Crippen molar-refractivity contribution in [2.45, 2.75) is 38.8 Å². The molecule has 3 aromatic rings. The number of benzene rings is 3. The van der Waals surface area contributed by atoms with Gasteiger partial charge >= 0.3 is 12.2 Å². The largest absolute Gasteiger partial charge is 0.416 e. The number of anilines is 1. The highest BCUT2D eigenvalue weighted by Crippen LogP contribution is 2.59. The van der Waals surface area contributed by atoms with E-state index in [4.69, 9.17) is 0 Å². The number of allylic oxidation sites excluding steroid dienone is 1. The molecule has 248 valence electrons. The number of piperazine rings is 1. The molecule has 7 rings (SSSR count). The van der Waals surface area contributed by atoms with Crippen LogP contribution >= 0.6 is 0 Å². The van der Waals surface area contributed by atoms with Crippen molar-refractivity contribution < 1.29 is 22.8 Å². The molecule has 0 aromatic heterocycles. The molecule has 2 bridgehead atoms. The van der Waals surface area contributed by atoms with E-state index in [1.807, 2.05) is 65.6 Å². The molecule has 2 atom stereocenters. The molecule has 1 heterocycles. The Kier molecular flexibility index (Phi) is 9.46. The maximum absolute atomic E-state index is 13.9. The summed E-state index contributed by atoms with van der Waals surface area (Å²) in [6, 6.07) is 24.0. The summed E-state index contributed by atoms with van der Waals surface area (Å²) < 4.78 is 39.3. The third-order valence-electron chi connectivity index (χ3n) is 10.6. The van der Waals surface area contributed by atoms with Crippen molar-refractivity contribution >= 4 is 17.6 Å². The van der Waals surface area contributed by atoms with Gasteiger partial charge in [-0.25, -0.2) is 4.79 Å². The smallest absolute Gasteiger partial charge is 0.339 e. The summed E-state index contributed by atoms with van der Waals surface area (Å²) in [6.45, 7) is 8.75. The molecule has 3 aromatic carbocycles. The number of fused-ring (bicyclic) bond motifs is 1. The minimum atomic E-state index is -4.44. The predicted octanol–water partition coefficient (Wildman–Crippen LogP) is 7.51. The topological polar surface area (TPSA) is 55.9 Å². The SMILES string of the molecule is CC1(C)C2CC=C(CN(CCN3CCN(C(=O)C(c4ccccc4)c4ccccc4)CC3)C(=O)Nc3ccc(C(F)(F)F)cc3)C1C2. The fourth-order valence-electron chi connectivity index (χ4n) is 7.48. The normalized spacial score (nSPS) is 20.7. The fourth-order valence-corrected chi connectivity index (χ4v) is 7.48. The van der Waals surface area contributed by atoms with Gasteiger partial charge < -0.3 is 15.1 Å². The minimum absolute atomic E-state index is 0.0882. The Morgan fingerprint density at radius 2 is 1.49 bits per heavy atom. The van der Waals surface area contributed by atoms with Gasteiger partial charge in [-0.15, -0.1) is 0 Å². The lowest BCUT2D eigenvalue weighted by Gasteiger charge is -2.57. The Labute approximate surface area is 275 Å². The Bertz CT molecular complexity index is 1530. The van der Waals surface area contributed by atoms with E-state index in [2.05, 4.69) is 30.1 Å². The highest BCUT2D eigenvalue weighted by Gasteiger charge is 2.51. The van der Waals surface area contributed by atoms with Gasteiger partial charge in [0, 0.05) is 51.5 Å². The second-order valence-electron chi connectivity index (χ2n) is 13.7. The van der Waals surface area contributed by atoms with Crippen LogP contribution in [0.5, 0.6) is 0 Å². The average molecular weight is 645 g/mol. The van der Waals surface area contributed by atoms with Gasteiger partial charge in [0.25, 0.3) is 0 Å². The monoisotopic (exact) mass is 644 g/mol. The third-order valence-corrected chi connectivity index (χ3v) is 10.6. The van der Waals surface area contributed by atoms with Crippen LogP contribution in [0.3, 0.4) is 0 Å². The lowest BCUT2D eigenvalue weighted by atomic mass is 9.49. The van der Waals surface area contributed by atoms with Gasteiger partial charge in [-0.2, -0.15) is 13.2 Å². The lowest BCUT2D eigenvalue weighted by molar-refractivity contribution is -0.137. The molecule has 1 saturated heterocycles. The van der Waals surface area contributed by atoms with Crippen LogP contribution in [-0.4, -0.2) is 72.5 Å². The van der Waals surface area contributed by atoms with Crippen molar-refractivity contribution in [3.63, 3.8) is 0 Å². The van der Waals surface area contributed by atoms with Gasteiger partial charge in [0.15, 0.2) is 0 Å². The summed E-state index contributed by atoms with van der Waals surface area (Å²) >= 11 is 0. The van der Waals surface area contributed by atoms with Gasteiger partial charge in [0.1, 0.15) is 0 Å². The van der Waals surface area contributed by atoms with E-state index in [-0.39, 0.29) is 23.3 Å². The number of halogens is 3. The molecule has 2 unspecified atom stereocenters. The molecular weight excluding hydrogens is 601 g/mol. The highest BCUT2D eigenvalue weighted by atomic mass is 19.4. The number of nitrogens with one attached hydrogen (secondary N) is 1. The summed E-state index contributed by atoms with van der Waals surface area (Å²) in [7, 11) is 0. The summed E-state index contributed by atoms with van der Waals surface area (Å²) in [5.74, 6) is 0.824. The quantitative estimate of drug-likeness (QED) is 0.246. The van der Waals surface area contributed by atoms with Crippen LogP contribution in [0.15, 0.2) is 96.6 Å². The second-order valence-corrected chi connectivity index (χ2v) is 13.7. The number of carbonyl (C=O) groups is 2. The first kappa shape index (κ1) is 32.8. The van der Waals surface area contributed by atoms with Crippen LogP contribution in [-0.2, 0) is 11.0 Å². The third kappa shape index (κ3) is 7.25. The van der Waals surface area contributed by atoms with Crippen LogP contribution in [0.25, 0.3) is 0 Å². The summed E-state index contributed by atoms with van der Waals surface area (Å²) in [5, 5.41) is 2.83. The van der Waals surface area contributed by atoms with Gasteiger partial charge in [-0.05, 0) is 65.5 Å². The first-order chi connectivity index (χ1) is 22.5. The van der Waals surface area contributed by atoms with Crippen molar-refractivity contribution in [2.24, 2.45) is 17.3 Å². The van der Waals surface area contributed by atoms with Crippen molar-refractivity contribution in [1.29, 1.82) is 0 Å². The Hall–Kier alpha value is -4.11. The molecule has 2 fully saturated rings. The molecule has 3 amide bonds. The van der Waals surface area contributed by atoms with Crippen molar-refractivity contribution in [1.82, 2.24) is 14.7 Å². The fraction of sp³-hybridized carbons (Fsp3) is 0.421. The number of carbonyl (C=O) groups excluding carboxylic acids is 2. The number of urea groups is 1. The average Bonchev–Trinajstić information content (AvgIpc) is 3.07. The zero-order chi connectivity index (χ0) is 33.2. The zero-order valence-electron chi connectivity index (χ0n) is 27.0. The number of alkyl halides is 3. The molecule has 47 heavy (non-hydrogen) atoms. The van der Waals surface area contributed by atoms with Crippen molar-refractivity contribution in [3.05, 3.63) is 113 Å². The van der Waals surface area contributed by atoms with Gasteiger partial charge in [0.2, 0.25) is 5.91 Å². The molecule has 3 aliphatic carbocycles. The minimum Gasteiger partial charge on any atom is -0.339 e. The second kappa shape index (κ2) is 13.6. The van der Waals surface area contributed by atoms with E-state index in [0.717, 1.165) is 36.1 Å². The molecule has 1 N–H and O–H groups in total. The van der Waals surface area contributed by atoms with E-state index in [9.17, 15) is 22.8 Å². The molecule has 1 aliphatic heterocycles. The molecule has 0 radical (unpaired) electrons. The maximum Gasteiger partial charge on any atom is 0.416 e. The Morgan fingerprint density at radius 3 is 2.02 bits per heavy atom. The predicted molar refractivity (Wildman–Crippen MR) is 178 cm³/mol. The molecule has 6 nitrogen and oxygen atoms in total. The number of hydrogen-bond donors (Lipinski definition) is 1. The van der Waals surface area contributed by atoms with E-state index >= 15 is 0 Å². The molecule has 1 saturated carbocycles. The van der Waals surface area contributed by atoms with Gasteiger partial charge in [0.05, 0.1) is 11.5 Å². The van der Waals surface area contributed by atoms with E-state index in [0.29, 0.717) is 63.3 Å². The Morgan fingerprint density at radius 1 is 0.894 bits per heavy atom. The Balaban J connectivity index is 1.10. The number of amides is 3. The van der Waals surface area contributed by atoms with Crippen LogP contribution in [0.4, 0.5) is 23.7 Å². The van der Waals surface area contributed by atoms with E-state index in [1.165, 1.54) is 17.7 Å². The first-order valence-electron chi connectivity index (χ1n) is 16.5. The summed E-state index contributed by atoms with van der Waals surface area (Å²) in [6.07, 6.45) is -0.0108. The molecule has 9 heteroatoms. The first-order valence-corrected chi connectivity index (χ1v) is 16.5. The lowest BCUT2D eigenvalue weighted by Crippen LogP contribution is -2.53. The standard InChI is InChI=1S/C38H43F3N4O2/c1-37(2)31-14-13-29(33(37)25-31)26-45(36(47)42-32-17-15-30(16-18-32)38(39,40)41)24-21-43-19-22-44(23-20-43)35(46)34(27-9-5-3-6-10-27)28-11-7-4-8-12-28/h3-13,15-18,31,33-34H,14,19-26H2,1-2H3,(H,42,47). The number of hydrogen-bond acceptors (Lipinski definition) is 3. The maximum atomic E-state index is 13.9. The molecule has 0 spiro atoms. The highest BCUT2D eigenvalue weighted by molar-refractivity contribution is 5.89. The van der Waals surface area contributed by atoms with Crippen molar-refractivity contribution in [3.8, 4) is 0 Å². The van der Waals surface area contributed by atoms with Gasteiger partial charge in [-0.3, -0.25) is 9.69 Å². The van der Waals surface area contributed by atoms with Crippen LogP contribution in [0.2, 0.25) is 0 Å². The summed E-state index contributed by atoms with van der Waals surface area (Å²) in [4.78, 5) is 33.5. The van der Waals surface area contributed by atoms with E-state index < -0.39 is 11.7 Å². The number of rotatable bonds is 9. The zero-order valence-corrected chi connectivity index (χ0v) is 27.0. The number of nitrogens with zero attached hydrogens (tertiary/aromatic N) is 3. The molecular formula is C38H43F3N4O2. The molecule has 4 aliphatic rings. The van der Waals surface area contributed by atoms with Crippen LogP contribution in [0, 0.1) is 17.3 Å². The van der Waals surface area contributed by atoms with Crippen molar-refractivity contribution in [2.75, 3.05) is 51.1 Å².